The van der Waals surface area contributed by atoms with E-state index in [0.717, 1.165) is 37.2 Å². The van der Waals surface area contributed by atoms with Gasteiger partial charge in [-0.05, 0) is 48.2 Å². The number of anilines is 2. The monoisotopic (exact) mass is 599 g/mol. The van der Waals surface area contributed by atoms with Gasteiger partial charge in [-0.15, -0.1) is 0 Å². The van der Waals surface area contributed by atoms with Crippen LogP contribution in [0.15, 0.2) is 48.5 Å². The molecule has 0 aliphatic heterocycles. The van der Waals surface area contributed by atoms with Gasteiger partial charge in [0.1, 0.15) is 11.5 Å². The van der Waals surface area contributed by atoms with Crippen molar-refractivity contribution in [2.75, 3.05) is 65.5 Å². The van der Waals surface area contributed by atoms with Crippen LogP contribution in [0, 0.1) is 0 Å². The Labute approximate surface area is 251 Å². The number of carbonyl (C=O) groups is 2. The highest BCUT2D eigenvalue weighted by molar-refractivity contribution is 6.31. The number of nitrogens with two attached hydrogens (primary N) is 2. The summed E-state index contributed by atoms with van der Waals surface area (Å²) in [6, 6.07) is 15.9. The van der Waals surface area contributed by atoms with Crippen molar-refractivity contribution in [3.8, 4) is 11.5 Å². The van der Waals surface area contributed by atoms with Crippen molar-refractivity contribution in [1.82, 2.24) is 15.3 Å². The zero-order valence-corrected chi connectivity index (χ0v) is 25.2. The molecular formula is C30H40ClN6O5+. The van der Waals surface area contributed by atoms with E-state index in [-0.39, 0.29) is 41.5 Å². The lowest BCUT2D eigenvalue weighted by atomic mass is 10.1. The van der Waals surface area contributed by atoms with Crippen molar-refractivity contribution in [3.05, 3.63) is 70.5 Å². The van der Waals surface area contributed by atoms with Gasteiger partial charge in [-0.3, -0.25) is 4.79 Å². The van der Waals surface area contributed by atoms with Crippen LogP contribution in [0.25, 0.3) is 0 Å². The number of quaternary nitrogens is 1. The number of hydrogen-bond acceptors (Lipinski definition) is 9. The third-order valence-corrected chi connectivity index (χ3v) is 7.48. The van der Waals surface area contributed by atoms with Crippen LogP contribution < -0.4 is 26.3 Å². The lowest BCUT2D eigenvalue weighted by Crippen LogP contribution is -2.56. The molecule has 0 fully saturated rings. The largest absolute Gasteiger partial charge is 0.497 e. The number of methoxy groups -OCH3 is 3. The highest BCUT2D eigenvalue weighted by atomic mass is 35.5. The number of aromatic nitrogens is 2. The van der Waals surface area contributed by atoms with Crippen molar-refractivity contribution in [3.63, 3.8) is 0 Å². The Bertz CT molecular complexity index is 1270. The van der Waals surface area contributed by atoms with Crippen LogP contribution in [-0.4, -0.2) is 80.4 Å². The number of ether oxygens (including phenoxy) is 3. The number of benzene rings is 2. The van der Waals surface area contributed by atoms with E-state index < -0.39 is 5.91 Å². The molecule has 0 saturated heterocycles. The van der Waals surface area contributed by atoms with Gasteiger partial charge in [0.25, 0.3) is 5.91 Å². The molecule has 0 bridgehead atoms. The zero-order valence-electron chi connectivity index (χ0n) is 24.4. The molecule has 1 heterocycles. The highest BCUT2D eigenvalue weighted by Crippen LogP contribution is 2.19. The van der Waals surface area contributed by atoms with Crippen LogP contribution in [0.3, 0.4) is 0 Å². The molecule has 0 atom stereocenters. The van der Waals surface area contributed by atoms with Gasteiger partial charge in [0.2, 0.25) is 0 Å². The molecule has 1 amide bonds. The van der Waals surface area contributed by atoms with E-state index in [1.807, 2.05) is 48.5 Å². The second-order valence-corrected chi connectivity index (χ2v) is 10.4. The molecule has 12 heteroatoms. The summed E-state index contributed by atoms with van der Waals surface area (Å²) >= 11 is 5.96. The molecule has 5 N–H and O–H groups in total. The minimum atomic E-state index is -0.519. The van der Waals surface area contributed by atoms with Crippen molar-refractivity contribution < 1.29 is 28.3 Å². The lowest BCUT2D eigenvalue weighted by molar-refractivity contribution is -0.920. The Hall–Kier alpha value is -4.09. The van der Waals surface area contributed by atoms with Crippen molar-refractivity contribution in [1.29, 1.82) is 0 Å². The Kier molecular flexibility index (Phi) is 12.2. The zero-order chi connectivity index (χ0) is 30.5. The van der Waals surface area contributed by atoms with Gasteiger partial charge in [-0.25, -0.2) is 14.8 Å². The number of nitrogen functional groups attached to an aromatic ring is 2. The Morgan fingerprint density at radius 1 is 0.810 bits per heavy atom. The lowest BCUT2D eigenvalue weighted by Gasteiger charge is -2.38. The molecule has 0 aliphatic rings. The molecule has 3 rings (SSSR count). The van der Waals surface area contributed by atoms with Crippen LogP contribution >= 0.6 is 11.6 Å². The first kappa shape index (κ1) is 32.4. The van der Waals surface area contributed by atoms with Crippen LogP contribution in [-0.2, 0) is 22.4 Å². The van der Waals surface area contributed by atoms with Crippen LogP contribution in [0.1, 0.15) is 34.5 Å². The summed E-state index contributed by atoms with van der Waals surface area (Å²) in [6.07, 6.45) is 3.30. The minimum absolute atomic E-state index is 0.0480. The van der Waals surface area contributed by atoms with Crippen molar-refractivity contribution >= 4 is 35.1 Å². The van der Waals surface area contributed by atoms with E-state index in [2.05, 4.69) is 15.3 Å². The number of hydrogen-bond donors (Lipinski definition) is 3. The maximum absolute atomic E-state index is 12.9. The first-order chi connectivity index (χ1) is 20.2. The number of amides is 1. The van der Waals surface area contributed by atoms with Gasteiger partial charge < -0.3 is 35.5 Å². The van der Waals surface area contributed by atoms with Crippen LogP contribution in [0.4, 0.5) is 11.6 Å². The van der Waals surface area contributed by atoms with E-state index in [4.69, 9.17) is 37.3 Å². The van der Waals surface area contributed by atoms with Gasteiger partial charge in [0, 0.05) is 12.8 Å². The maximum Gasteiger partial charge on any atom is 0.361 e. The quantitative estimate of drug-likeness (QED) is 0.166. The number of nitrogens with one attached hydrogen (secondary N) is 1. The van der Waals surface area contributed by atoms with Crippen molar-refractivity contribution in [2.45, 2.75) is 25.7 Å². The van der Waals surface area contributed by atoms with E-state index in [0.29, 0.717) is 24.1 Å². The number of aryl methyl sites for hydroxylation is 2. The molecule has 0 spiro atoms. The number of halogens is 1. The Balaban J connectivity index is 1.74. The summed E-state index contributed by atoms with van der Waals surface area (Å²) in [5, 5.41) is 2.76. The smallest absolute Gasteiger partial charge is 0.361 e. The SMILES string of the molecule is COC(=O)C[N+](CCCc1ccc(OC)cc1)(CCCc1ccc(OC)cc1)CCNC(=O)c1nc(Cl)c(N)nc1N. The van der Waals surface area contributed by atoms with E-state index in [1.54, 1.807) is 14.2 Å². The molecule has 11 nitrogen and oxygen atoms in total. The van der Waals surface area contributed by atoms with Gasteiger partial charge in [0.05, 0.1) is 47.5 Å². The standard InChI is InChI=1S/C30H39ClN6O5/c1-40-23-12-8-21(9-13-23)6-4-17-37(20-25(38)42-3,18-5-7-22-10-14-24(41-2)15-11-22)19-16-34-30(39)26-28(32)36-29(33)27(31)35-26/h8-15H,4-7,16-20H2,1-3H3,(H4-,32,33,34,36,39)/p+1. The summed E-state index contributed by atoms with van der Waals surface area (Å²) in [6.45, 7) is 2.34. The molecule has 0 aliphatic carbocycles. The fourth-order valence-corrected chi connectivity index (χ4v) is 4.96. The predicted molar refractivity (Wildman–Crippen MR) is 163 cm³/mol. The van der Waals surface area contributed by atoms with Crippen LogP contribution in [0.5, 0.6) is 11.5 Å². The number of carbonyl (C=O) groups excluding carboxylic acids is 2. The molecule has 2 aromatic carbocycles. The second kappa shape index (κ2) is 15.8. The summed E-state index contributed by atoms with van der Waals surface area (Å²) in [7, 11) is 4.67. The minimum Gasteiger partial charge on any atom is -0.497 e. The number of esters is 1. The molecule has 1 aromatic heterocycles. The fraction of sp³-hybridized carbons (Fsp3) is 0.400. The third kappa shape index (κ3) is 9.49. The normalized spacial score (nSPS) is 11.1. The van der Waals surface area contributed by atoms with E-state index >= 15 is 0 Å². The predicted octanol–water partition coefficient (Wildman–Crippen LogP) is 3.30. The third-order valence-electron chi connectivity index (χ3n) is 7.20. The first-order valence-electron chi connectivity index (χ1n) is 13.7. The summed E-state index contributed by atoms with van der Waals surface area (Å²) in [5.41, 5.74) is 13.7. The Morgan fingerprint density at radius 2 is 1.33 bits per heavy atom. The molecule has 226 valence electrons. The summed E-state index contributed by atoms with van der Waals surface area (Å²) in [4.78, 5) is 33.4. The average molecular weight is 600 g/mol. The second-order valence-electron chi connectivity index (χ2n) is 10.0. The Morgan fingerprint density at radius 3 is 1.81 bits per heavy atom. The van der Waals surface area contributed by atoms with Gasteiger partial charge >= 0.3 is 5.97 Å². The first-order valence-corrected chi connectivity index (χ1v) is 14.1. The van der Waals surface area contributed by atoms with Crippen molar-refractivity contribution in [2.24, 2.45) is 0 Å². The highest BCUT2D eigenvalue weighted by Gasteiger charge is 2.31. The average Bonchev–Trinajstić information content (AvgIpc) is 2.99. The van der Waals surface area contributed by atoms with Gasteiger partial charge in [0.15, 0.2) is 29.0 Å². The number of nitrogens with zero attached hydrogens (tertiary/aromatic N) is 3. The fourth-order valence-electron chi connectivity index (χ4n) is 4.83. The van der Waals surface area contributed by atoms with Gasteiger partial charge in [-0.2, -0.15) is 0 Å². The molecular weight excluding hydrogens is 560 g/mol. The molecule has 42 heavy (non-hydrogen) atoms. The van der Waals surface area contributed by atoms with E-state index in [1.165, 1.54) is 18.2 Å². The summed E-state index contributed by atoms with van der Waals surface area (Å²) < 4.78 is 16.1. The summed E-state index contributed by atoms with van der Waals surface area (Å²) in [5.74, 6) is 0.621. The molecule has 3 aromatic rings. The molecule has 0 radical (unpaired) electrons. The van der Waals surface area contributed by atoms with Crippen LogP contribution in [0.2, 0.25) is 5.15 Å². The van der Waals surface area contributed by atoms with E-state index in [9.17, 15) is 9.59 Å². The molecule has 0 unspecified atom stereocenters. The number of rotatable bonds is 16. The molecule has 0 saturated carbocycles. The van der Waals surface area contributed by atoms with Gasteiger partial charge in [-0.1, -0.05) is 35.9 Å². The topological polar surface area (TPSA) is 152 Å². The maximum atomic E-state index is 12.9.